The second-order valence-electron chi connectivity index (χ2n) is 4.66. The summed E-state index contributed by atoms with van der Waals surface area (Å²) in [7, 11) is 1.84. The Hall–Kier alpha value is -0.710. The molecule has 114 valence electrons. The van der Waals surface area contributed by atoms with Crippen LogP contribution in [0.4, 0.5) is 5.69 Å². The zero-order valence-electron chi connectivity index (χ0n) is 11.5. The molecule has 0 spiro atoms. The number of carbonyl (C=O) groups is 1. The number of likely N-dealkylation sites (N-methyl/N-ethyl adjacent to an activating group) is 1. The molecule has 2 unspecified atom stereocenters. The van der Waals surface area contributed by atoms with Gasteiger partial charge in [0.1, 0.15) is 5.38 Å². The van der Waals surface area contributed by atoms with Crippen LogP contribution in [0.25, 0.3) is 0 Å². The Kier molecular flexibility index (Phi) is 8.25. The predicted molar refractivity (Wildman–Crippen MR) is 87.4 cm³/mol. The van der Waals surface area contributed by atoms with Gasteiger partial charge < -0.3 is 9.80 Å². The van der Waals surface area contributed by atoms with Crippen LogP contribution in [0, 0.1) is 0 Å². The molecule has 1 amide bonds. The molecule has 4 nitrogen and oxygen atoms in total. The van der Waals surface area contributed by atoms with Gasteiger partial charge in [0.05, 0.1) is 6.04 Å². The van der Waals surface area contributed by atoms with Gasteiger partial charge in [-0.1, -0.05) is 0 Å². The number of rotatable bonds is 3. The molecule has 7 heteroatoms. The zero-order chi connectivity index (χ0) is 13.1. The summed E-state index contributed by atoms with van der Waals surface area (Å²) in [5.74, 6) is -0.00162. The quantitative estimate of drug-likeness (QED) is 0.794. The van der Waals surface area contributed by atoms with Crippen molar-refractivity contribution < 1.29 is 4.79 Å². The van der Waals surface area contributed by atoms with E-state index in [2.05, 4.69) is 9.88 Å². The smallest absolute Gasteiger partial charge is 0.240 e. The number of alkyl halides is 1. The first-order valence-corrected chi connectivity index (χ1v) is 6.59. The average molecular weight is 341 g/mol. The number of hydrogen-bond donors (Lipinski definition) is 0. The number of anilines is 1. The van der Waals surface area contributed by atoms with Gasteiger partial charge in [0.2, 0.25) is 5.91 Å². The minimum Gasteiger partial charge on any atom is -0.369 e. The number of aromatic nitrogens is 1. The van der Waals surface area contributed by atoms with Gasteiger partial charge in [-0.25, -0.2) is 0 Å². The minimum absolute atomic E-state index is 0. The van der Waals surface area contributed by atoms with Crippen LogP contribution >= 0.6 is 36.4 Å². The van der Waals surface area contributed by atoms with Gasteiger partial charge in [-0.15, -0.1) is 36.4 Å². The summed E-state index contributed by atoms with van der Waals surface area (Å²) < 4.78 is 0. The number of nitrogens with zero attached hydrogens (tertiary/aromatic N) is 3. The van der Waals surface area contributed by atoms with E-state index in [1.807, 2.05) is 19.2 Å². The molecule has 1 aromatic rings. The fraction of sp³-hybridized carbons (Fsp3) is 0.538. The van der Waals surface area contributed by atoms with Crippen LogP contribution in [0.1, 0.15) is 13.3 Å². The first-order valence-electron chi connectivity index (χ1n) is 6.15. The van der Waals surface area contributed by atoms with E-state index in [-0.39, 0.29) is 36.8 Å². The lowest BCUT2D eigenvalue weighted by Gasteiger charge is -2.26. The number of hydrogen-bond acceptors (Lipinski definition) is 3. The Morgan fingerprint density at radius 1 is 1.45 bits per heavy atom. The van der Waals surface area contributed by atoms with Crippen molar-refractivity contribution in [1.29, 1.82) is 0 Å². The SMILES string of the molecule is CC(Cl)C(=O)N(C)C1CCN(c2ccncc2)C1.Cl.Cl. The van der Waals surface area contributed by atoms with E-state index in [9.17, 15) is 4.79 Å². The topological polar surface area (TPSA) is 36.4 Å². The Bertz CT molecular complexity index is 417. The van der Waals surface area contributed by atoms with Crippen LogP contribution in [0.15, 0.2) is 24.5 Å². The highest BCUT2D eigenvalue weighted by molar-refractivity contribution is 6.30. The third kappa shape index (κ3) is 4.40. The van der Waals surface area contributed by atoms with E-state index >= 15 is 0 Å². The molecule has 20 heavy (non-hydrogen) atoms. The molecule has 0 aliphatic carbocycles. The van der Waals surface area contributed by atoms with Gasteiger partial charge in [-0.2, -0.15) is 0 Å². The monoisotopic (exact) mass is 339 g/mol. The summed E-state index contributed by atoms with van der Waals surface area (Å²) in [6.45, 7) is 3.54. The van der Waals surface area contributed by atoms with Crippen LogP contribution < -0.4 is 4.90 Å². The first kappa shape index (κ1) is 19.3. The van der Waals surface area contributed by atoms with Gasteiger partial charge in [0.25, 0.3) is 0 Å². The van der Waals surface area contributed by atoms with Gasteiger partial charge in [-0.3, -0.25) is 9.78 Å². The third-order valence-electron chi connectivity index (χ3n) is 3.43. The van der Waals surface area contributed by atoms with Gasteiger partial charge in [-0.05, 0) is 25.5 Å². The number of pyridine rings is 1. The zero-order valence-corrected chi connectivity index (χ0v) is 13.9. The van der Waals surface area contributed by atoms with Crippen molar-refractivity contribution in [2.24, 2.45) is 0 Å². The van der Waals surface area contributed by atoms with Gasteiger partial charge >= 0.3 is 0 Å². The fourth-order valence-corrected chi connectivity index (χ4v) is 2.46. The molecule has 0 radical (unpaired) electrons. The van der Waals surface area contributed by atoms with E-state index in [4.69, 9.17) is 11.6 Å². The summed E-state index contributed by atoms with van der Waals surface area (Å²) in [4.78, 5) is 19.9. The highest BCUT2D eigenvalue weighted by atomic mass is 35.5. The second kappa shape index (κ2) is 8.55. The molecular weight excluding hydrogens is 321 g/mol. The van der Waals surface area contributed by atoms with E-state index in [0.717, 1.165) is 25.2 Å². The largest absolute Gasteiger partial charge is 0.369 e. The standard InChI is InChI=1S/C13H18ClN3O.2ClH/c1-10(14)13(18)16(2)12-5-8-17(9-12)11-3-6-15-7-4-11;;/h3-4,6-7,10,12H,5,8-9H2,1-2H3;2*1H. The average Bonchev–Trinajstić information content (AvgIpc) is 2.87. The Balaban J connectivity index is 0.00000180. The molecule has 1 fully saturated rings. The molecule has 0 saturated carbocycles. The van der Waals surface area contributed by atoms with Crippen molar-refractivity contribution in [2.45, 2.75) is 24.8 Å². The molecule has 2 rings (SSSR count). The Labute approximate surface area is 137 Å². The van der Waals surface area contributed by atoms with Crippen LogP contribution in [0.3, 0.4) is 0 Å². The summed E-state index contributed by atoms with van der Waals surface area (Å²) in [6, 6.07) is 4.23. The van der Waals surface area contributed by atoms with Crippen molar-refractivity contribution in [3.63, 3.8) is 0 Å². The van der Waals surface area contributed by atoms with Crippen molar-refractivity contribution >= 4 is 48.0 Å². The molecule has 0 aromatic carbocycles. The van der Waals surface area contributed by atoms with Gasteiger partial charge in [0.15, 0.2) is 0 Å². The molecule has 1 aliphatic rings. The number of amides is 1. The van der Waals surface area contributed by atoms with Crippen molar-refractivity contribution in [3.05, 3.63) is 24.5 Å². The molecular formula is C13H20Cl3N3O. The van der Waals surface area contributed by atoms with E-state index in [1.54, 1.807) is 24.2 Å². The lowest BCUT2D eigenvalue weighted by molar-refractivity contribution is -0.130. The molecule has 2 heterocycles. The predicted octanol–water partition coefficient (Wildman–Crippen LogP) is 2.59. The Morgan fingerprint density at radius 2 is 2.05 bits per heavy atom. The maximum absolute atomic E-state index is 11.8. The van der Waals surface area contributed by atoms with Crippen molar-refractivity contribution in [1.82, 2.24) is 9.88 Å². The number of halogens is 3. The summed E-state index contributed by atoms with van der Waals surface area (Å²) in [5.41, 5.74) is 1.16. The molecule has 0 N–H and O–H groups in total. The molecule has 0 bridgehead atoms. The molecule has 1 saturated heterocycles. The Morgan fingerprint density at radius 3 is 2.60 bits per heavy atom. The molecule has 1 aliphatic heterocycles. The third-order valence-corrected chi connectivity index (χ3v) is 3.61. The summed E-state index contributed by atoms with van der Waals surface area (Å²) in [5, 5.41) is -0.454. The van der Waals surface area contributed by atoms with Crippen LogP contribution in [-0.4, -0.2) is 47.3 Å². The normalized spacial score (nSPS) is 18.8. The second-order valence-corrected chi connectivity index (χ2v) is 5.31. The van der Waals surface area contributed by atoms with Crippen LogP contribution in [0.2, 0.25) is 0 Å². The van der Waals surface area contributed by atoms with Gasteiger partial charge in [0, 0.05) is 38.2 Å². The van der Waals surface area contributed by atoms with Crippen molar-refractivity contribution in [3.8, 4) is 0 Å². The molecule has 1 aromatic heterocycles. The lowest BCUT2D eigenvalue weighted by atomic mass is 10.2. The highest BCUT2D eigenvalue weighted by Gasteiger charge is 2.29. The minimum atomic E-state index is -0.454. The maximum Gasteiger partial charge on any atom is 0.240 e. The summed E-state index contributed by atoms with van der Waals surface area (Å²) in [6.07, 6.45) is 4.56. The van der Waals surface area contributed by atoms with E-state index in [1.165, 1.54) is 0 Å². The van der Waals surface area contributed by atoms with E-state index in [0.29, 0.717) is 0 Å². The summed E-state index contributed by atoms with van der Waals surface area (Å²) >= 11 is 5.84. The van der Waals surface area contributed by atoms with Crippen molar-refractivity contribution in [2.75, 3.05) is 25.0 Å². The van der Waals surface area contributed by atoms with E-state index < -0.39 is 5.38 Å². The highest BCUT2D eigenvalue weighted by Crippen LogP contribution is 2.22. The number of carbonyl (C=O) groups excluding carboxylic acids is 1. The first-order chi connectivity index (χ1) is 8.59. The van der Waals surface area contributed by atoms with Crippen LogP contribution in [-0.2, 0) is 4.79 Å². The van der Waals surface area contributed by atoms with Crippen LogP contribution in [0.5, 0.6) is 0 Å². The fourth-order valence-electron chi connectivity index (χ4n) is 2.31. The molecule has 2 atom stereocenters. The lowest BCUT2D eigenvalue weighted by Crippen LogP contribution is -2.42. The maximum atomic E-state index is 11.8.